The van der Waals surface area contributed by atoms with E-state index in [1.54, 1.807) is 0 Å². The van der Waals surface area contributed by atoms with Crippen molar-refractivity contribution in [3.8, 4) is 0 Å². The number of carbonyl (C=O) groups is 2. The highest BCUT2D eigenvalue weighted by atomic mass is 19.1. The highest BCUT2D eigenvalue weighted by Crippen LogP contribution is 2.40. The van der Waals surface area contributed by atoms with Crippen LogP contribution in [0.5, 0.6) is 0 Å². The van der Waals surface area contributed by atoms with Gasteiger partial charge in [-0.15, -0.1) is 0 Å². The quantitative estimate of drug-likeness (QED) is 0.164. The Labute approximate surface area is 176 Å². The van der Waals surface area contributed by atoms with Crippen molar-refractivity contribution in [3.63, 3.8) is 0 Å². The number of hydrogen-bond donors (Lipinski definition) is 2. The molecule has 1 fully saturated rings. The van der Waals surface area contributed by atoms with Crippen molar-refractivity contribution in [2.45, 2.75) is 6.04 Å². The Morgan fingerprint density at radius 2 is 1.81 bits per heavy atom. The summed E-state index contributed by atoms with van der Waals surface area (Å²) < 4.78 is 19.8. The molecule has 0 spiro atoms. The van der Waals surface area contributed by atoms with Gasteiger partial charge in [0, 0.05) is 29.8 Å². The van der Waals surface area contributed by atoms with E-state index in [1.807, 2.05) is 0 Å². The molecule has 1 atom stereocenters. The van der Waals surface area contributed by atoms with Crippen molar-refractivity contribution < 1.29 is 33.9 Å². The minimum Gasteiger partial charge on any atom is -0.507 e. The van der Waals surface area contributed by atoms with Gasteiger partial charge >= 0.3 is 0 Å². The third-order valence-electron chi connectivity index (χ3n) is 4.80. The second kappa shape index (κ2) is 9.45. The topological polar surface area (TPSA) is 130 Å². The second-order valence-electron chi connectivity index (χ2n) is 6.65. The van der Waals surface area contributed by atoms with Crippen LogP contribution in [0.4, 0.5) is 10.1 Å². The van der Waals surface area contributed by atoms with Crippen LogP contribution < -0.4 is 0 Å². The lowest BCUT2D eigenvalue weighted by molar-refractivity contribution is -0.384. The molecular formula is C21H19FN2O7. The number of carbonyl (C=O) groups excluding carboxylic acids is 2. The number of nitrogens with zero attached hydrogens (tertiary/aromatic N) is 2. The van der Waals surface area contributed by atoms with Gasteiger partial charge in [-0.25, -0.2) is 4.39 Å². The van der Waals surface area contributed by atoms with Crippen molar-refractivity contribution in [3.05, 3.63) is 81.2 Å². The molecule has 1 aliphatic rings. The molecule has 1 saturated heterocycles. The number of aliphatic hydroxyl groups is 2. The van der Waals surface area contributed by atoms with E-state index in [0.717, 1.165) is 17.0 Å². The Bertz CT molecular complexity index is 1040. The molecular weight excluding hydrogens is 411 g/mol. The molecule has 0 saturated carbocycles. The van der Waals surface area contributed by atoms with Gasteiger partial charge in [0.05, 0.1) is 36.4 Å². The first-order valence-electron chi connectivity index (χ1n) is 9.33. The number of halogens is 1. The van der Waals surface area contributed by atoms with Gasteiger partial charge in [-0.3, -0.25) is 19.7 Å². The summed E-state index contributed by atoms with van der Waals surface area (Å²) in [6.45, 7) is -0.302. The molecule has 3 rings (SSSR count). The highest BCUT2D eigenvalue weighted by Gasteiger charge is 2.46. The van der Waals surface area contributed by atoms with E-state index in [-0.39, 0.29) is 48.8 Å². The lowest BCUT2D eigenvalue weighted by Crippen LogP contribution is -2.33. The molecule has 9 nitrogen and oxygen atoms in total. The van der Waals surface area contributed by atoms with Gasteiger partial charge in [-0.05, 0) is 18.2 Å². The first-order chi connectivity index (χ1) is 14.9. The molecule has 162 valence electrons. The number of ether oxygens (including phenoxy) is 1. The summed E-state index contributed by atoms with van der Waals surface area (Å²) in [5.74, 6) is -3.19. The Balaban J connectivity index is 2.08. The average Bonchev–Trinajstić information content (AvgIpc) is 3.01. The van der Waals surface area contributed by atoms with Gasteiger partial charge in [0.1, 0.15) is 11.6 Å². The molecule has 31 heavy (non-hydrogen) atoms. The number of aliphatic hydroxyl groups excluding tert-OH is 2. The number of benzene rings is 2. The predicted octanol–water partition coefficient (Wildman–Crippen LogP) is 2.16. The molecule has 10 heteroatoms. The van der Waals surface area contributed by atoms with Crippen LogP contribution in [0.2, 0.25) is 0 Å². The first kappa shape index (κ1) is 22.1. The lowest BCUT2D eigenvalue weighted by atomic mass is 9.95. The zero-order valence-corrected chi connectivity index (χ0v) is 16.2. The Morgan fingerprint density at radius 1 is 1.13 bits per heavy atom. The van der Waals surface area contributed by atoms with Gasteiger partial charge in [0.15, 0.2) is 0 Å². The maximum Gasteiger partial charge on any atom is 0.295 e. The van der Waals surface area contributed by atoms with Gasteiger partial charge in [0.2, 0.25) is 0 Å². The molecule has 0 aliphatic carbocycles. The lowest BCUT2D eigenvalue weighted by Gasteiger charge is -2.25. The molecule has 0 aromatic heterocycles. The van der Waals surface area contributed by atoms with Crippen molar-refractivity contribution in [1.82, 2.24) is 4.90 Å². The molecule has 1 heterocycles. The van der Waals surface area contributed by atoms with E-state index in [0.29, 0.717) is 0 Å². The van der Waals surface area contributed by atoms with Gasteiger partial charge in [-0.1, -0.05) is 18.2 Å². The number of rotatable bonds is 8. The summed E-state index contributed by atoms with van der Waals surface area (Å²) in [7, 11) is 0. The van der Waals surface area contributed by atoms with Crippen LogP contribution in [0, 0.1) is 15.9 Å². The standard InChI is InChI=1S/C21H19FN2O7/c22-16-4-2-1-3-15(16)18-17(19(26)13-5-7-14(8-6-13)24(29)30)20(27)21(28)23(18)9-11-31-12-10-25/h1-8,18,25-26H,9-12H2/b19-17+. The molecule has 1 aliphatic heterocycles. The second-order valence-corrected chi connectivity index (χ2v) is 6.65. The van der Waals surface area contributed by atoms with Crippen molar-refractivity contribution in [2.75, 3.05) is 26.4 Å². The maximum absolute atomic E-state index is 14.6. The van der Waals surface area contributed by atoms with Crippen molar-refractivity contribution in [1.29, 1.82) is 0 Å². The van der Waals surface area contributed by atoms with Crippen LogP contribution >= 0.6 is 0 Å². The third-order valence-corrected chi connectivity index (χ3v) is 4.80. The Morgan fingerprint density at radius 3 is 2.42 bits per heavy atom. The number of amides is 1. The van der Waals surface area contributed by atoms with Crippen LogP contribution in [0.3, 0.4) is 0 Å². The number of ketones is 1. The molecule has 2 aromatic rings. The number of hydrogen-bond acceptors (Lipinski definition) is 7. The number of Topliss-reactive ketones (excluding diaryl/α,β-unsaturated/α-hetero) is 1. The number of nitro benzene ring substituents is 1. The number of non-ortho nitro benzene ring substituents is 1. The van der Waals surface area contributed by atoms with Crippen LogP contribution in [0.15, 0.2) is 54.1 Å². The summed E-state index contributed by atoms with van der Waals surface area (Å²) in [5.41, 5.74) is -0.469. The van der Waals surface area contributed by atoms with E-state index in [1.165, 1.54) is 36.4 Å². The van der Waals surface area contributed by atoms with E-state index >= 15 is 0 Å². The van der Waals surface area contributed by atoms with Gasteiger partial charge in [0.25, 0.3) is 17.4 Å². The monoisotopic (exact) mass is 430 g/mol. The van der Waals surface area contributed by atoms with E-state index in [4.69, 9.17) is 9.84 Å². The van der Waals surface area contributed by atoms with E-state index < -0.39 is 34.2 Å². The van der Waals surface area contributed by atoms with E-state index in [2.05, 4.69) is 0 Å². The van der Waals surface area contributed by atoms with Crippen molar-refractivity contribution in [2.24, 2.45) is 0 Å². The van der Waals surface area contributed by atoms with Crippen LogP contribution in [0.25, 0.3) is 5.76 Å². The summed E-state index contributed by atoms with van der Waals surface area (Å²) in [4.78, 5) is 36.8. The molecule has 2 aromatic carbocycles. The average molecular weight is 430 g/mol. The summed E-state index contributed by atoms with van der Waals surface area (Å²) >= 11 is 0. The SMILES string of the molecule is O=C1C(=O)N(CCOCCO)C(c2ccccc2F)/C1=C(\O)c1ccc([N+](=O)[O-])cc1. The normalized spacial score (nSPS) is 17.9. The highest BCUT2D eigenvalue weighted by molar-refractivity contribution is 6.46. The van der Waals surface area contributed by atoms with Crippen LogP contribution in [0.1, 0.15) is 17.2 Å². The minimum absolute atomic E-state index is 0.00678. The van der Waals surface area contributed by atoms with Crippen molar-refractivity contribution >= 4 is 23.1 Å². The van der Waals surface area contributed by atoms with Crippen LogP contribution in [-0.2, 0) is 14.3 Å². The molecule has 1 amide bonds. The summed E-state index contributed by atoms with van der Waals surface area (Å²) in [6.07, 6.45) is 0. The zero-order valence-electron chi connectivity index (χ0n) is 16.2. The molecule has 1 unspecified atom stereocenters. The first-order valence-corrected chi connectivity index (χ1v) is 9.33. The number of nitro groups is 1. The third kappa shape index (κ3) is 4.44. The fraction of sp³-hybridized carbons (Fsp3) is 0.238. The van der Waals surface area contributed by atoms with Gasteiger partial charge < -0.3 is 19.8 Å². The smallest absolute Gasteiger partial charge is 0.295 e. The summed E-state index contributed by atoms with van der Waals surface area (Å²) in [5, 5.41) is 30.5. The predicted molar refractivity (Wildman–Crippen MR) is 106 cm³/mol. The largest absolute Gasteiger partial charge is 0.507 e. The fourth-order valence-corrected chi connectivity index (χ4v) is 3.36. The fourth-order valence-electron chi connectivity index (χ4n) is 3.36. The number of likely N-dealkylation sites (tertiary alicyclic amines) is 1. The minimum atomic E-state index is -1.21. The zero-order chi connectivity index (χ0) is 22.5. The molecule has 0 bridgehead atoms. The Hall–Kier alpha value is -3.63. The van der Waals surface area contributed by atoms with E-state index in [9.17, 15) is 29.2 Å². The molecule has 2 N–H and O–H groups in total. The van der Waals surface area contributed by atoms with Crippen LogP contribution in [-0.4, -0.2) is 58.1 Å². The summed E-state index contributed by atoms with van der Waals surface area (Å²) in [6, 6.07) is 9.11. The van der Waals surface area contributed by atoms with Gasteiger partial charge in [-0.2, -0.15) is 0 Å². The molecule has 0 radical (unpaired) electrons. The Kier molecular flexibility index (Phi) is 6.73. The maximum atomic E-state index is 14.6.